The van der Waals surface area contributed by atoms with E-state index in [0.717, 1.165) is 0 Å². The molecule has 10 heteroatoms. The normalized spacial score (nSPS) is 9.64. The van der Waals surface area contributed by atoms with Crippen molar-refractivity contribution in [2.75, 3.05) is 5.73 Å². The molecule has 0 aliphatic rings. The molecule has 0 aliphatic carbocycles. The first-order valence-electron chi connectivity index (χ1n) is 5.71. The first-order valence-corrected chi connectivity index (χ1v) is 5.71. The number of anilines is 1. The van der Waals surface area contributed by atoms with Crippen molar-refractivity contribution in [1.82, 2.24) is 19.1 Å². The minimum atomic E-state index is -0.498. The first kappa shape index (κ1) is 17.5. The van der Waals surface area contributed by atoms with Crippen LogP contribution in [0.4, 0.5) is 11.4 Å². The first-order chi connectivity index (χ1) is 9.66. The Kier molecular flexibility index (Phi) is 5.50. The van der Waals surface area contributed by atoms with Crippen LogP contribution in [0.5, 0.6) is 0 Å². The van der Waals surface area contributed by atoms with E-state index in [0.29, 0.717) is 11.4 Å². The highest BCUT2D eigenvalue weighted by Crippen LogP contribution is 2.32. The van der Waals surface area contributed by atoms with Gasteiger partial charge >= 0.3 is 5.69 Å². The number of nitrogens with zero attached hydrogens (tertiary/aromatic N) is 5. The Balaban J connectivity index is 0.00000121. The second-order valence-corrected chi connectivity index (χ2v) is 4.10. The molecule has 0 saturated heterocycles. The van der Waals surface area contributed by atoms with Gasteiger partial charge in [-0.3, -0.25) is 10.1 Å². The highest BCUT2D eigenvalue weighted by molar-refractivity contribution is 5.85. The number of benzene rings is 1. The number of hydrogen-bond acceptors (Lipinski definition) is 5. The summed E-state index contributed by atoms with van der Waals surface area (Å²) in [5.74, 6) is 0. The van der Waals surface area contributed by atoms with Crippen LogP contribution in [0.25, 0.3) is 11.4 Å². The summed E-state index contributed by atoms with van der Waals surface area (Å²) >= 11 is 0. The van der Waals surface area contributed by atoms with E-state index in [1.165, 1.54) is 6.33 Å². The zero-order valence-corrected chi connectivity index (χ0v) is 12.7. The number of nitrogen functional groups attached to an aromatic ring is 1. The van der Waals surface area contributed by atoms with Gasteiger partial charge < -0.3 is 14.9 Å². The Bertz CT molecular complexity index is 758. The lowest BCUT2D eigenvalue weighted by Gasteiger charge is -2.10. The van der Waals surface area contributed by atoms with Crippen molar-refractivity contribution in [3.63, 3.8) is 0 Å². The third-order valence-electron chi connectivity index (χ3n) is 2.87. The van der Waals surface area contributed by atoms with Crippen molar-refractivity contribution >= 4 is 36.2 Å². The number of rotatable bonds is 3. The van der Waals surface area contributed by atoms with Gasteiger partial charge in [-0.2, -0.15) is 0 Å². The molecule has 3 rings (SSSR count). The molecular weight excluding hydrogens is 331 g/mol. The van der Waals surface area contributed by atoms with Crippen molar-refractivity contribution in [2.24, 2.45) is 0 Å². The van der Waals surface area contributed by atoms with Crippen LogP contribution in [0.15, 0.2) is 49.6 Å². The van der Waals surface area contributed by atoms with Gasteiger partial charge in [0.2, 0.25) is 0 Å². The Morgan fingerprint density at radius 3 is 2.14 bits per heavy atom. The fraction of sp³-hybridized carbons (Fsp3) is 0. The molecule has 8 nitrogen and oxygen atoms in total. The second-order valence-electron chi connectivity index (χ2n) is 4.10. The molecule has 2 N–H and O–H groups in total. The van der Waals surface area contributed by atoms with Crippen LogP contribution >= 0.6 is 24.8 Å². The number of halogens is 2. The van der Waals surface area contributed by atoms with Crippen molar-refractivity contribution in [1.29, 1.82) is 0 Å². The van der Waals surface area contributed by atoms with Gasteiger partial charge in [-0.05, 0) is 12.1 Å². The summed E-state index contributed by atoms with van der Waals surface area (Å²) in [4.78, 5) is 18.6. The fourth-order valence-corrected chi connectivity index (χ4v) is 1.98. The summed E-state index contributed by atoms with van der Waals surface area (Å²) in [5.41, 5.74) is 6.81. The maximum atomic E-state index is 11.2. The van der Waals surface area contributed by atoms with Gasteiger partial charge in [0.15, 0.2) is 0 Å². The van der Waals surface area contributed by atoms with E-state index in [9.17, 15) is 10.1 Å². The van der Waals surface area contributed by atoms with E-state index in [1.807, 2.05) is 0 Å². The largest absolute Gasteiger partial charge is 0.393 e. The molecule has 2 aromatic heterocycles. The van der Waals surface area contributed by atoms with E-state index in [1.54, 1.807) is 52.4 Å². The summed E-state index contributed by atoms with van der Waals surface area (Å²) in [7, 11) is 0. The standard InChI is InChI=1S/C12H10N6O2.2ClH/c13-10-5-9(16-3-1-14-7-16)6-11(12(10)18(19)20)17-4-2-15-8-17;;/h1-8H,13H2;2*1H. The van der Waals surface area contributed by atoms with Crippen LogP contribution in [0, 0.1) is 10.1 Å². The maximum Gasteiger partial charge on any atom is 0.316 e. The number of nitro benzene ring substituents is 1. The predicted octanol–water partition coefficient (Wildman–Crippen LogP) is 2.39. The molecule has 0 aliphatic heterocycles. The minimum Gasteiger partial charge on any atom is -0.393 e. The summed E-state index contributed by atoms with van der Waals surface area (Å²) in [6.45, 7) is 0. The molecule has 0 saturated carbocycles. The lowest BCUT2D eigenvalue weighted by molar-refractivity contribution is -0.383. The van der Waals surface area contributed by atoms with Gasteiger partial charge in [-0.15, -0.1) is 24.8 Å². The van der Waals surface area contributed by atoms with E-state index < -0.39 is 4.92 Å². The Morgan fingerprint density at radius 2 is 1.64 bits per heavy atom. The lowest BCUT2D eigenvalue weighted by atomic mass is 10.2. The predicted molar refractivity (Wildman–Crippen MR) is 86.2 cm³/mol. The molecule has 22 heavy (non-hydrogen) atoms. The van der Waals surface area contributed by atoms with Crippen molar-refractivity contribution in [3.8, 4) is 11.4 Å². The molecular formula is C12H12Cl2N6O2. The van der Waals surface area contributed by atoms with Crippen LogP contribution in [0.2, 0.25) is 0 Å². The average molecular weight is 343 g/mol. The van der Waals surface area contributed by atoms with E-state index in [-0.39, 0.29) is 36.2 Å². The molecule has 0 atom stereocenters. The SMILES string of the molecule is Cl.Cl.Nc1cc(-n2ccnc2)cc(-n2ccnc2)c1[N+](=O)[O-]. The lowest BCUT2D eigenvalue weighted by Crippen LogP contribution is -2.05. The summed E-state index contributed by atoms with van der Waals surface area (Å²) < 4.78 is 3.27. The van der Waals surface area contributed by atoms with Crippen LogP contribution in [-0.2, 0) is 0 Å². The van der Waals surface area contributed by atoms with Crippen molar-refractivity contribution in [3.05, 3.63) is 59.7 Å². The van der Waals surface area contributed by atoms with Gasteiger partial charge in [-0.1, -0.05) is 0 Å². The Labute approximate surface area is 137 Å². The highest BCUT2D eigenvalue weighted by atomic mass is 35.5. The van der Waals surface area contributed by atoms with Crippen LogP contribution in [0.1, 0.15) is 0 Å². The van der Waals surface area contributed by atoms with Gasteiger partial charge in [0.05, 0.1) is 23.3 Å². The zero-order valence-electron chi connectivity index (χ0n) is 11.1. The fourth-order valence-electron chi connectivity index (χ4n) is 1.98. The van der Waals surface area contributed by atoms with Crippen molar-refractivity contribution < 1.29 is 4.92 Å². The third kappa shape index (κ3) is 3.02. The maximum absolute atomic E-state index is 11.2. The second kappa shape index (κ2) is 6.92. The van der Waals surface area contributed by atoms with Crippen molar-refractivity contribution in [2.45, 2.75) is 0 Å². The van der Waals surface area contributed by atoms with Gasteiger partial charge in [-0.25, -0.2) is 9.97 Å². The van der Waals surface area contributed by atoms with Gasteiger partial charge in [0.25, 0.3) is 0 Å². The summed E-state index contributed by atoms with van der Waals surface area (Å²) in [5, 5.41) is 11.2. The van der Waals surface area contributed by atoms with Crippen LogP contribution < -0.4 is 5.73 Å². The van der Waals surface area contributed by atoms with E-state index in [4.69, 9.17) is 5.73 Å². The smallest absolute Gasteiger partial charge is 0.316 e. The average Bonchev–Trinajstić information content (AvgIpc) is 3.11. The Morgan fingerprint density at radius 1 is 1.05 bits per heavy atom. The zero-order chi connectivity index (χ0) is 14.1. The molecule has 0 amide bonds. The molecule has 2 heterocycles. The van der Waals surface area contributed by atoms with Gasteiger partial charge in [0.1, 0.15) is 11.4 Å². The molecule has 3 aromatic rings. The van der Waals surface area contributed by atoms with Crippen LogP contribution in [-0.4, -0.2) is 24.0 Å². The van der Waals surface area contributed by atoms with Gasteiger partial charge in [0, 0.05) is 24.8 Å². The van der Waals surface area contributed by atoms with E-state index in [2.05, 4.69) is 9.97 Å². The molecule has 0 bridgehead atoms. The molecule has 0 unspecified atom stereocenters. The number of nitrogens with two attached hydrogens (primary N) is 1. The molecule has 0 spiro atoms. The quantitative estimate of drug-likeness (QED) is 0.447. The number of hydrogen-bond donors (Lipinski definition) is 1. The molecule has 1 aromatic carbocycles. The monoisotopic (exact) mass is 342 g/mol. The number of imidazole rings is 2. The molecule has 0 radical (unpaired) electrons. The summed E-state index contributed by atoms with van der Waals surface area (Å²) in [6, 6.07) is 3.21. The third-order valence-corrected chi connectivity index (χ3v) is 2.87. The number of nitro groups is 1. The molecule has 0 fully saturated rings. The topological polar surface area (TPSA) is 105 Å². The highest BCUT2D eigenvalue weighted by Gasteiger charge is 2.21. The Hall–Kier alpha value is -2.58. The summed E-state index contributed by atoms with van der Waals surface area (Å²) in [6.07, 6.45) is 9.60. The van der Waals surface area contributed by atoms with E-state index >= 15 is 0 Å². The van der Waals surface area contributed by atoms with Crippen LogP contribution in [0.3, 0.4) is 0 Å². The number of aromatic nitrogens is 4. The minimum absolute atomic E-state index is 0. The molecule has 116 valence electrons.